The molecule has 2 aromatic carbocycles. The number of hydrogen-bond acceptors (Lipinski definition) is 2. The summed E-state index contributed by atoms with van der Waals surface area (Å²) in [6.45, 7) is 0. The van der Waals surface area contributed by atoms with Gasteiger partial charge in [0.25, 0.3) is 0 Å². The van der Waals surface area contributed by atoms with Crippen LogP contribution in [0, 0.1) is 11.6 Å². The molecule has 0 bridgehead atoms. The molecule has 4 nitrogen and oxygen atoms in total. The molecule has 140 valence electrons. The summed E-state index contributed by atoms with van der Waals surface area (Å²) in [5, 5.41) is 3.36. The second-order valence-electron chi connectivity index (χ2n) is 5.68. The van der Waals surface area contributed by atoms with Crippen LogP contribution in [0.5, 0.6) is 0 Å². The summed E-state index contributed by atoms with van der Waals surface area (Å²) in [5.74, 6) is -1.26. The highest BCUT2D eigenvalue weighted by Crippen LogP contribution is 2.40. The third-order valence-electron chi connectivity index (χ3n) is 3.82. The van der Waals surface area contributed by atoms with Crippen molar-refractivity contribution in [1.82, 2.24) is 9.78 Å². The number of aromatic nitrogens is 2. The number of aryl methyl sites for hydroxylation is 1. The van der Waals surface area contributed by atoms with E-state index in [1.807, 2.05) is 0 Å². The average Bonchev–Trinajstić information content (AvgIpc) is 2.99. The molecule has 3 aromatic rings. The first-order valence-electron chi connectivity index (χ1n) is 7.61. The summed E-state index contributed by atoms with van der Waals surface area (Å²) in [7, 11) is 1.27. The maximum absolute atomic E-state index is 13.8. The lowest BCUT2D eigenvalue weighted by atomic mass is 10.0. The van der Waals surface area contributed by atoms with E-state index in [9.17, 15) is 26.7 Å². The Morgan fingerprint density at radius 1 is 1.00 bits per heavy atom. The second-order valence-corrected chi connectivity index (χ2v) is 5.68. The zero-order chi connectivity index (χ0) is 19.8. The van der Waals surface area contributed by atoms with Gasteiger partial charge in [-0.25, -0.2) is 8.78 Å². The van der Waals surface area contributed by atoms with Crippen molar-refractivity contribution >= 4 is 17.8 Å². The number of benzene rings is 2. The van der Waals surface area contributed by atoms with Crippen LogP contribution < -0.4 is 4.90 Å². The Hall–Kier alpha value is -3.23. The molecule has 0 radical (unpaired) electrons. The molecular formula is C18H12F5N3O. The minimum Gasteiger partial charge on any atom is -0.279 e. The smallest absolute Gasteiger partial charge is 0.279 e. The van der Waals surface area contributed by atoms with E-state index in [-0.39, 0.29) is 17.7 Å². The number of alkyl halides is 3. The monoisotopic (exact) mass is 381 g/mol. The Kier molecular flexibility index (Phi) is 4.69. The minimum atomic E-state index is -4.82. The predicted molar refractivity (Wildman–Crippen MR) is 88.2 cm³/mol. The zero-order valence-corrected chi connectivity index (χ0v) is 13.8. The maximum Gasteiger partial charge on any atom is 0.437 e. The molecule has 0 saturated heterocycles. The quantitative estimate of drug-likeness (QED) is 0.486. The highest BCUT2D eigenvalue weighted by atomic mass is 19.4. The number of carbonyl (C=O) groups excluding carboxylic acids is 1. The van der Waals surface area contributed by atoms with Crippen molar-refractivity contribution in [2.24, 2.45) is 7.05 Å². The molecule has 3 rings (SSSR count). The number of amides is 1. The van der Waals surface area contributed by atoms with Gasteiger partial charge in [-0.3, -0.25) is 14.4 Å². The van der Waals surface area contributed by atoms with Gasteiger partial charge in [-0.15, -0.1) is 0 Å². The lowest BCUT2D eigenvalue weighted by molar-refractivity contribution is -0.140. The summed E-state index contributed by atoms with van der Waals surface area (Å²) in [6.07, 6.45) is -3.66. The molecule has 0 saturated carbocycles. The fourth-order valence-electron chi connectivity index (χ4n) is 2.68. The van der Waals surface area contributed by atoms with Gasteiger partial charge >= 0.3 is 6.18 Å². The molecule has 0 fully saturated rings. The minimum absolute atomic E-state index is 0.130. The van der Waals surface area contributed by atoms with Crippen molar-refractivity contribution in [3.63, 3.8) is 0 Å². The fraction of sp³-hybridized carbons (Fsp3) is 0.111. The van der Waals surface area contributed by atoms with Crippen LogP contribution >= 0.6 is 0 Å². The molecule has 27 heavy (non-hydrogen) atoms. The van der Waals surface area contributed by atoms with Crippen LogP contribution in [-0.4, -0.2) is 16.2 Å². The van der Waals surface area contributed by atoms with Gasteiger partial charge in [-0.05, 0) is 35.9 Å². The third-order valence-corrected chi connectivity index (χ3v) is 3.82. The van der Waals surface area contributed by atoms with Gasteiger partial charge in [0.2, 0.25) is 6.41 Å². The number of halogens is 5. The first kappa shape index (κ1) is 18.6. The van der Waals surface area contributed by atoms with Crippen molar-refractivity contribution < 1.29 is 26.7 Å². The van der Waals surface area contributed by atoms with E-state index >= 15 is 0 Å². The van der Waals surface area contributed by atoms with E-state index in [2.05, 4.69) is 5.10 Å². The Morgan fingerprint density at radius 3 is 2.22 bits per heavy atom. The molecule has 0 aliphatic carbocycles. The molecule has 9 heteroatoms. The van der Waals surface area contributed by atoms with Crippen LogP contribution in [0.15, 0.2) is 48.7 Å². The van der Waals surface area contributed by atoms with Crippen LogP contribution in [0.25, 0.3) is 11.1 Å². The van der Waals surface area contributed by atoms with E-state index in [1.165, 1.54) is 25.2 Å². The van der Waals surface area contributed by atoms with Crippen LogP contribution in [0.3, 0.4) is 0 Å². The van der Waals surface area contributed by atoms with Gasteiger partial charge in [0.15, 0.2) is 5.69 Å². The lowest BCUT2D eigenvalue weighted by Crippen LogP contribution is -2.19. The van der Waals surface area contributed by atoms with Gasteiger partial charge in [0.05, 0.1) is 11.4 Å². The second kappa shape index (κ2) is 6.82. The average molecular weight is 381 g/mol. The van der Waals surface area contributed by atoms with E-state index in [4.69, 9.17) is 0 Å². The Balaban J connectivity index is 2.21. The lowest BCUT2D eigenvalue weighted by Gasteiger charge is -2.21. The van der Waals surface area contributed by atoms with Crippen molar-refractivity contribution in [2.75, 3.05) is 4.90 Å². The molecule has 1 aromatic heterocycles. The van der Waals surface area contributed by atoms with E-state index in [0.29, 0.717) is 10.5 Å². The Morgan fingerprint density at radius 2 is 1.63 bits per heavy atom. The van der Waals surface area contributed by atoms with Gasteiger partial charge in [-0.2, -0.15) is 18.3 Å². The van der Waals surface area contributed by atoms with Gasteiger partial charge in [0.1, 0.15) is 11.6 Å². The van der Waals surface area contributed by atoms with Crippen LogP contribution in [0.1, 0.15) is 5.69 Å². The standard InChI is InChI=1S/C18H12F5N3O/c1-25-9-16(17(24-25)18(21,22)23)26(10-27)15-8-13(20)6-7-14(15)11-2-4-12(19)5-3-11/h2-10H,1H3. The van der Waals surface area contributed by atoms with E-state index in [1.54, 1.807) is 0 Å². The van der Waals surface area contributed by atoms with Gasteiger partial charge < -0.3 is 0 Å². The van der Waals surface area contributed by atoms with Crippen LogP contribution in [0.2, 0.25) is 0 Å². The summed E-state index contributed by atoms with van der Waals surface area (Å²) in [4.78, 5) is 12.3. The number of anilines is 2. The Labute approximate surface area is 150 Å². The largest absolute Gasteiger partial charge is 0.437 e. The van der Waals surface area contributed by atoms with E-state index < -0.39 is 29.2 Å². The number of hydrogen-bond donors (Lipinski definition) is 0. The normalized spacial score (nSPS) is 11.5. The van der Waals surface area contributed by atoms with Gasteiger partial charge in [0, 0.05) is 18.8 Å². The molecule has 0 spiro atoms. The van der Waals surface area contributed by atoms with Gasteiger partial charge in [-0.1, -0.05) is 12.1 Å². The SMILES string of the molecule is Cn1cc(N(C=O)c2cc(F)ccc2-c2ccc(F)cc2)c(C(F)(F)F)n1. The zero-order valence-electron chi connectivity index (χ0n) is 13.8. The molecule has 0 aliphatic heterocycles. The molecule has 0 unspecified atom stereocenters. The molecule has 0 aliphatic rings. The molecule has 0 atom stereocenters. The number of rotatable bonds is 4. The molecule has 1 heterocycles. The number of carbonyl (C=O) groups is 1. The van der Waals surface area contributed by atoms with Crippen LogP contribution in [0.4, 0.5) is 33.3 Å². The highest BCUT2D eigenvalue weighted by molar-refractivity contribution is 5.94. The molecular weight excluding hydrogens is 369 g/mol. The van der Waals surface area contributed by atoms with Crippen molar-refractivity contribution in [1.29, 1.82) is 0 Å². The fourth-order valence-corrected chi connectivity index (χ4v) is 2.68. The highest BCUT2D eigenvalue weighted by Gasteiger charge is 2.39. The predicted octanol–water partition coefficient (Wildman–Crippen LogP) is 4.68. The summed E-state index contributed by atoms with van der Waals surface area (Å²) < 4.78 is 67.8. The first-order chi connectivity index (χ1) is 12.7. The maximum atomic E-state index is 13.8. The topological polar surface area (TPSA) is 38.1 Å². The van der Waals surface area contributed by atoms with Crippen molar-refractivity contribution in [2.45, 2.75) is 6.18 Å². The third kappa shape index (κ3) is 3.67. The summed E-state index contributed by atoms with van der Waals surface area (Å²) >= 11 is 0. The summed E-state index contributed by atoms with van der Waals surface area (Å²) in [5.41, 5.74) is -1.31. The number of nitrogens with zero attached hydrogens (tertiary/aromatic N) is 3. The molecule has 1 amide bonds. The van der Waals surface area contributed by atoms with Crippen molar-refractivity contribution in [3.8, 4) is 11.1 Å². The van der Waals surface area contributed by atoms with Crippen LogP contribution in [-0.2, 0) is 18.0 Å². The molecule has 0 N–H and O–H groups in total. The first-order valence-corrected chi connectivity index (χ1v) is 7.61. The summed E-state index contributed by atoms with van der Waals surface area (Å²) in [6, 6.07) is 8.39. The van der Waals surface area contributed by atoms with Crippen molar-refractivity contribution in [3.05, 3.63) is 66.0 Å². The van der Waals surface area contributed by atoms with E-state index in [0.717, 1.165) is 35.1 Å². The Bertz CT molecular complexity index is 980.